The summed E-state index contributed by atoms with van der Waals surface area (Å²) in [5.74, 6) is -0.297. The molecule has 0 aliphatic heterocycles. The van der Waals surface area contributed by atoms with Gasteiger partial charge in [0.2, 0.25) is 0 Å². The van der Waals surface area contributed by atoms with E-state index in [4.69, 9.17) is 0 Å². The summed E-state index contributed by atoms with van der Waals surface area (Å²) in [5, 5.41) is 4.44. The lowest BCUT2D eigenvalue weighted by Gasteiger charge is -2.18. The predicted molar refractivity (Wildman–Crippen MR) is 112 cm³/mol. The van der Waals surface area contributed by atoms with Crippen LogP contribution in [0.1, 0.15) is 42.3 Å². The number of amides is 1. The predicted octanol–water partition coefficient (Wildman–Crippen LogP) is 3.43. The number of fused-ring (bicyclic) bond motifs is 3. The molecule has 0 unspecified atom stereocenters. The van der Waals surface area contributed by atoms with Gasteiger partial charge in [0.05, 0.1) is 17.9 Å². The van der Waals surface area contributed by atoms with Crippen LogP contribution in [0.15, 0.2) is 40.5 Å². The van der Waals surface area contributed by atoms with Gasteiger partial charge in [-0.15, -0.1) is 11.3 Å². The Bertz CT molecular complexity index is 1170. The van der Waals surface area contributed by atoms with E-state index in [1.165, 1.54) is 28.1 Å². The molecule has 3 aromatic rings. The van der Waals surface area contributed by atoms with Crippen molar-refractivity contribution in [3.8, 4) is 0 Å². The lowest BCUT2D eigenvalue weighted by Crippen LogP contribution is -2.34. The van der Waals surface area contributed by atoms with E-state index in [0.717, 1.165) is 29.7 Å². The maximum absolute atomic E-state index is 13.6. The summed E-state index contributed by atoms with van der Waals surface area (Å²) in [5.41, 5.74) is 3.51. The third-order valence-corrected chi connectivity index (χ3v) is 6.48. The molecule has 1 N–H and O–H groups in total. The topological polar surface area (TPSA) is 76.3 Å². The van der Waals surface area contributed by atoms with Crippen LogP contribution >= 0.6 is 11.3 Å². The van der Waals surface area contributed by atoms with E-state index in [2.05, 4.69) is 22.4 Å². The van der Waals surface area contributed by atoms with Crippen molar-refractivity contribution in [1.29, 1.82) is 0 Å². The van der Waals surface area contributed by atoms with Crippen LogP contribution in [-0.2, 0) is 17.6 Å². The second kappa shape index (κ2) is 7.87. The average molecular weight is 412 g/mol. The monoisotopic (exact) mass is 412 g/mol. The molecule has 2 heterocycles. The Kier molecular flexibility index (Phi) is 5.27. The summed E-state index contributed by atoms with van der Waals surface area (Å²) in [7, 11) is 0. The normalized spacial score (nSPS) is 17.4. The molecule has 6 nitrogen and oxygen atoms in total. The molecule has 0 bridgehead atoms. The van der Waals surface area contributed by atoms with Crippen molar-refractivity contribution >= 4 is 33.7 Å². The van der Waals surface area contributed by atoms with E-state index in [9.17, 15) is 14.0 Å². The van der Waals surface area contributed by atoms with Gasteiger partial charge in [0.1, 0.15) is 16.7 Å². The molecule has 0 fully saturated rings. The number of hydrazone groups is 1. The molecular weight excluding hydrogens is 391 g/mol. The number of hydrogen-bond donors (Lipinski definition) is 1. The largest absolute Gasteiger partial charge is 0.286 e. The van der Waals surface area contributed by atoms with Gasteiger partial charge in [0.25, 0.3) is 11.5 Å². The highest BCUT2D eigenvalue weighted by Gasteiger charge is 2.25. The second-order valence-electron chi connectivity index (χ2n) is 7.42. The van der Waals surface area contributed by atoms with Crippen LogP contribution < -0.4 is 11.0 Å². The lowest BCUT2D eigenvalue weighted by molar-refractivity contribution is -0.123. The van der Waals surface area contributed by atoms with E-state index in [0.29, 0.717) is 11.3 Å². The number of thiophene rings is 1. The first kappa shape index (κ1) is 19.4. The van der Waals surface area contributed by atoms with Crippen molar-refractivity contribution in [3.63, 3.8) is 0 Å². The van der Waals surface area contributed by atoms with Crippen LogP contribution in [-0.4, -0.2) is 21.7 Å². The van der Waals surface area contributed by atoms with Gasteiger partial charge in [-0.3, -0.25) is 14.2 Å². The molecular formula is C21H21FN4O2S. The van der Waals surface area contributed by atoms with Crippen molar-refractivity contribution in [1.82, 2.24) is 15.0 Å². The number of aryl methyl sites for hydroxylation is 1. The quantitative estimate of drug-likeness (QED) is 0.527. The number of hydrogen-bond acceptors (Lipinski definition) is 5. The van der Waals surface area contributed by atoms with Crippen LogP contribution in [0.25, 0.3) is 10.2 Å². The Labute approximate surface area is 171 Å². The maximum atomic E-state index is 13.6. The Morgan fingerprint density at radius 1 is 1.45 bits per heavy atom. The standard InChI is InChI=1S/C21H21FN4O2S/c1-12-7-8-15-17(9-12)29-20-18(15)21(28)26(11-23-20)13(2)19(27)25-24-10-14-5-3-4-6-16(14)22/h3-6,10-13H,7-9H2,1-2H3,(H,25,27)/b24-10-/t12-,13+/m1/s1. The van der Waals surface area contributed by atoms with E-state index < -0.39 is 17.8 Å². The summed E-state index contributed by atoms with van der Waals surface area (Å²) >= 11 is 1.58. The molecule has 1 aromatic carbocycles. The lowest BCUT2D eigenvalue weighted by atomic mass is 9.89. The molecule has 2 atom stereocenters. The first-order valence-corrected chi connectivity index (χ1v) is 10.4. The van der Waals surface area contributed by atoms with Gasteiger partial charge < -0.3 is 0 Å². The number of carbonyl (C=O) groups excluding carboxylic acids is 1. The van der Waals surface area contributed by atoms with E-state index in [1.54, 1.807) is 36.5 Å². The van der Waals surface area contributed by atoms with Crippen molar-refractivity contribution in [3.05, 3.63) is 62.8 Å². The number of nitrogens with one attached hydrogen (secondary N) is 1. The second-order valence-corrected chi connectivity index (χ2v) is 8.50. The van der Waals surface area contributed by atoms with Gasteiger partial charge >= 0.3 is 0 Å². The third-order valence-electron chi connectivity index (χ3n) is 5.32. The minimum absolute atomic E-state index is 0.206. The summed E-state index contributed by atoms with van der Waals surface area (Å²) in [4.78, 5) is 32.0. The smallest absolute Gasteiger partial charge is 0.263 e. The zero-order valence-electron chi connectivity index (χ0n) is 16.2. The number of benzene rings is 1. The highest BCUT2D eigenvalue weighted by atomic mass is 32.1. The van der Waals surface area contributed by atoms with Crippen molar-refractivity contribution in [2.24, 2.45) is 11.0 Å². The molecule has 0 spiro atoms. The third kappa shape index (κ3) is 3.72. The minimum Gasteiger partial charge on any atom is -0.286 e. The highest BCUT2D eigenvalue weighted by Crippen LogP contribution is 2.35. The van der Waals surface area contributed by atoms with Crippen LogP contribution in [0.5, 0.6) is 0 Å². The Morgan fingerprint density at radius 3 is 3.03 bits per heavy atom. The Hall–Kier alpha value is -2.87. The van der Waals surface area contributed by atoms with Crippen molar-refractivity contribution in [2.45, 2.75) is 39.2 Å². The molecule has 1 aliphatic carbocycles. The SMILES string of the molecule is C[C@@H]1CCc2c(sc3ncn([C@@H](C)C(=O)N/N=C\c4ccccc4F)c(=O)c23)C1. The molecule has 8 heteroatoms. The maximum Gasteiger partial charge on any atom is 0.263 e. The summed E-state index contributed by atoms with van der Waals surface area (Å²) in [6.07, 6.45) is 5.54. The fourth-order valence-corrected chi connectivity index (χ4v) is 4.93. The summed E-state index contributed by atoms with van der Waals surface area (Å²) in [6.45, 7) is 3.83. The number of halogens is 1. The molecule has 29 heavy (non-hydrogen) atoms. The van der Waals surface area contributed by atoms with Gasteiger partial charge in [0.15, 0.2) is 0 Å². The molecule has 0 radical (unpaired) electrons. The van der Waals surface area contributed by atoms with Gasteiger partial charge in [-0.05, 0) is 43.7 Å². The molecule has 1 aliphatic rings. The van der Waals surface area contributed by atoms with Crippen LogP contribution in [0.4, 0.5) is 4.39 Å². The number of nitrogens with zero attached hydrogens (tertiary/aromatic N) is 3. The van der Waals surface area contributed by atoms with Crippen molar-refractivity contribution < 1.29 is 9.18 Å². The molecule has 150 valence electrons. The Balaban J connectivity index is 1.57. The Morgan fingerprint density at radius 2 is 2.24 bits per heavy atom. The molecule has 0 saturated carbocycles. The first-order chi connectivity index (χ1) is 14.0. The highest BCUT2D eigenvalue weighted by molar-refractivity contribution is 7.18. The van der Waals surface area contributed by atoms with E-state index in [1.807, 2.05) is 0 Å². The average Bonchev–Trinajstić information content (AvgIpc) is 3.07. The summed E-state index contributed by atoms with van der Waals surface area (Å²) < 4.78 is 14.9. The first-order valence-electron chi connectivity index (χ1n) is 9.54. The number of carbonyl (C=O) groups is 1. The number of rotatable bonds is 4. The van der Waals surface area contributed by atoms with Crippen LogP contribution in [0.2, 0.25) is 0 Å². The zero-order chi connectivity index (χ0) is 20.5. The zero-order valence-corrected chi connectivity index (χ0v) is 17.0. The summed E-state index contributed by atoms with van der Waals surface area (Å²) in [6, 6.07) is 5.33. The van der Waals surface area contributed by atoms with Crippen LogP contribution in [0.3, 0.4) is 0 Å². The fourth-order valence-electron chi connectivity index (χ4n) is 3.58. The van der Waals surface area contributed by atoms with Crippen molar-refractivity contribution in [2.75, 3.05) is 0 Å². The molecule has 2 aromatic heterocycles. The van der Waals surface area contributed by atoms with Gasteiger partial charge in [-0.2, -0.15) is 5.10 Å². The van der Waals surface area contributed by atoms with E-state index >= 15 is 0 Å². The van der Waals surface area contributed by atoms with Crippen LogP contribution in [0, 0.1) is 11.7 Å². The minimum atomic E-state index is -0.796. The van der Waals surface area contributed by atoms with Gasteiger partial charge in [-0.1, -0.05) is 25.1 Å². The molecule has 0 saturated heterocycles. The number of aromatic nitrogens is 2. The van der Waals surface area contributed by atoms with Gasteiger partial charge in [0, 0.05) is 10.4 Å². The fraction of sp³-hybridized carbons (Fsp3) is 0.333. The molecule has 1 amide bonds. The van der Waals surface area contributed by atoms with E-state index in [-0.39, 0.29) is 11.1 Å². The molecule has 4 rings (SSSR count). The van der Waals surface area contributed by atoms with Gasteiger partial charge in [-0.25, -0.2) is 14.8 Å².